The van der Waals surface area contributed by atoms with E-state index in [1.165, 1.54) is 25.3 Å². The zero-order valence-electron chi connectivity index (χ0n) is 10.3. The van der Waals surface area contributed by atoms with E-state index in [9.17, 15) is 9.18 Å². The maximum atomic E-state index is 13.6. The largest absolute Gasteiger partial charge is 0.468 e. The molecule has 0 aliphatic rings. The molecule has 6 heteroatoms. The summed E-state index contributed by atoms with van der Waals surface area (Å²) in [7, 11) is 1.26. The quantitative estimate of drug-likeness (QED) is 0.848. The first kappa shape index (κ1) is 12.9. The van der Waals surface area contributed by atoms with Crippen LogP contribution < -0.4 is 5.49 Å². The number of aromatic nitrogens is 2. The number of carbonyl (C=O) groups is 1. The van der Waals surface area contributed by atoms with Gasteiger partial charge in [0.15, 0.2) is 0 Å². The Morgan fingerprint density at radius 3 is 2.79 bits per heavy atom. The second-order valence-corrected chi connectivity index (χ2v) is 3.82. The van der Waals surface area contributed by atoms with Crippen LogP contribution in [0.1, 0.15) is 0 Å². The molecule has 0 aliphatic heterocycles. The molecular formula is C13H12FN3O2. The minimum atomic E-state index is -0.517. The summed E-state index contributed by atoms with van der Waals surface area (Å²) in [6, 6.07) is 9.19. The molecule has 19 heavy (non-hydrogen) atoms. The maximum Gasteiger partial charge on any atom is 0.327 e. The Morgan fingerprint density at radius 1 is 1.37 bits per heavy atom. The minimum Gasteiger partial charge on any atom is -0.468 e. The highest BCUT2D eigenvalue weighted by molar-refractivity contribution is 5.69. The van der Waals surface area contributed by atoms with E-state index in [0.29, 0.717) is 11.3 Å². The molecule has 1 heterocycles. The Morgan fingerprint density at radius 2 is 2.11 bits per heavy atom. The van der Waals surface area contributed by atoms with Gasteiger partial charge >= 0.3 is 5.97 Å². The number of esters is 1. The lowest BCUT2D eigenvalue weighted by Gasteiger charge is -2.07. The van der Waals surface area contributed by atoms with E-state index >= 15 is 0 Å². The Hall–Kier alpha value is -2.50. The smallest absolute Gasteiger partial charge is 0.327 e. The van der Waals surface area contributed by atoms with Crippen molar-refractivity contribution >= 4 is 5.97 Å². The van der Waals surface area contributed by atoms with E-state index in [1.54, 1.807) is 18.2 Å². The normalized spacial score (nSPS) is 10.2. The Bertz CT molecular complexity index is 667. The van der Waals surface area contributed by atoms with Crippen molar-refractivity contribution in [2.45, 2.75) is 6.54 Å². The molecule has 0 bridgehead atoms. The van der Waals surface area contributed by atoms with Crippen molar-refractivity contribution in [3.05, 3.63) is 47.7 Å². The monoisotopic (exact) mass is 261 g/mol. The van der Waals surface area contributed by atoms with Crippen LogP contribution in [-0.2, 0) is 16.1 Å². The molecule has 0 spiro atoms. The van der Waals surface area contributed by atoms with Crippen molar-refractivity contribution in [2.24, 2.45) is 0 Å². The summed E-state index contributed by atoms with van der Waals surface area (Å²) >= 11 is 0. The van der Waals surface area contributed by atoms with Crippen LogP contribution in [0.25, 0.3) is 11.3 Å². The molecule has 0 saturated carbocycles. The van der Waals surface area contributed by atoms with Crippen molar-refractivity contribution < 1.29 is 13.9 Å². The van der Waals surface area contributed by atoms with Gasteiger partial charge in [-0.2, -0.15) is 5.10 Å². The van der Waals surface area contributed by atoms with Crippen LogP contribution in [0.15, 0.2) is 36.4 Å². The van der Waals surface area contributed by atoms with Crippen LogP contribution in [0.4, 0.5) is 4.39 Å². The van der Waals surface area contributed by atoms with Gasteiger partial charge in [-0.25, -0.2) is 9.07 Å². The molecule has 0 saturated heterocycles. The van der Waals surface area contributed by atoms with Gasteiger partial charge in [0.25, 0.3) is 0 Å². The zero-order chi connectivity index (χ0) is 13.8. The van der Waals surface area contributed by atoms with E-state index in [1.807, 2.05) is 0 Å². The van der Waals surface area contributed by atoms with Gasteiger partial charge in [-0.15, -0.1) is 0 Å². The Balaban J connectivity index is 2.44. The number of methoxy groups -OCH3 is 1. The summed E-state index contributed by atoms with van der Waals surface area (Å²) in [4.78, 5) is 11.2. The third-order valence-electron chi connectivity index (χ3n) is 2.56. The van der Waals surface area contributed by atoms with Gasteiger partial charge in [0.1, 0.15) is 17.8 Å². The molecule has 1 aromatic carbocycles. The van der Waals surface area contributed by atoms with Crippen molar-refractivity contribution in [3.63, 3.8) is 0 Å². The second-order valence-electron chi connectivity index (χ2n) is 3.82. The standard InChI is InChI=1S/C13H12FN3O2/c1-19-13(18)8-17-12(15)7-6-11(16-17)9-4-2-3-5-10(9)14/h2-7,15H,8H2,1H3. The fraction of sp³-hybridized carbons (Fsp3) is 0.154. The molecule has 2 rings (SSSR count). The Kier molecular flexibility index (Phi) is 3.70. The van der Waals surface area contributed by atoms with E-state index in [0.717, 1.165) is 4.68 Å². The van der Waals surface area contributed by atoms with Crippen LogP contribution in [0, 0.1) is 11.2 Å². The molecule has 0 atom stereocenters. The van der Waals surface area contributed by atoms with Gasteiger partial charge in [0.05, 0.1) is 12.8 Å². The number of ether oxygens (including phenoxy) is 1. The highest BCUT2D eigenvalue weighted by atomic mass is 19.1. The maximum absolute atomic E-state index is 13.6. The average molecular weight is 261 g/mol. The number of nitrogens with zero attached hydrogens (tertiary/aromatic N) is 2. The van der Waals surface area contributed by atoms with Crippen LogP contribution in [0.3, 0.4) is 0 Å². The van der Waals surface area contributed by atoms with Crippen LogP contribution in [-0.4, -0.2) is 22.9 Å². The summed E-state index contributed by atoms with van der Waals surface area (Å²) in [6.45, 7) is -0.183. The molecule has 0 aliphatic carbocycles. The number of hydrogen-bond acceptors (Lipinski definition) is 4. The predicted molar refractivity (Wildman–Crippen MR) is 65.5 cm³/mol. The van der Waals surface area contributed by atoms with Crippen LogP contribution in [0.5, 0.6) is 0 Å². The highest BCUT2D eigenvalue weighted by Gasteiger charge is 2.09. The molecule has 2 aromatic rings. The SMILES string of the molecule is COC(=O)Cn1nc(-c2ccccc2F)ccc1=N. The molecule has 1 aromatic heterocycles. The average Bonchev–Trinajstić information content (AvgIpc) is 2.42. The minimum absolute atomic E-state index is 0.0467. The van der Waals surface area contributed by atoms with Gasteiger partial charge in [-0.05, 0) is 24.3 Å². The third-order valence-corrected chi connectivity index (χ3v) is 2.56. The lowest BCUT2D eigenvalue weighted by atomic mass is 10.1. The summed E-state index contributed by atoms with van der Waals surface area (Å²) in [5.41, 5.74) is 0.726. The van der Waals surface area contributed by atoms with Gasteiger partial charge in [-0.1, -0.05) is 12.1 Å². The summed E-state index contributed by atoms with van der Waals surface area (Å²) in [6.07, 6.45) is 0. The van der Waals surface area contributed by atoms with Crippen molar-refractivity contribution in [1.82, 2.24) is 9.78 Å². The summed E-state index contributed by atoms with van der Waals surface area (Å²) in [5, 5.41) is 11.7. The number of carbonyl (C=O) groups excluding carboxylic acids is 1. The predicted octanol–water partition coefficient (Wildman–Crippen LogP) is 1.34. The second kappa shape index (κ2) is 5.43. The molecule has 5 nitrogen and oxygen atoms in total. The Labute approximate surface area is 108 Å². The molecule has 0 fully saturated rings. The van der Waals surface area contributed by atoms with Crippen molar-refractivity contribution in [1.29, 1.82) is 5.41 Å². The number of hydrogen-bond donors (Lipinski definition) is 1. The van der Waals surface area contributed by atoms with Crippen LogP contribution in [0.2, 0.25) is 0 Å². The third kappa shape index (κ3) is 2.85. The molecule has 0 amide bonds. The van der Waals surface area contributed by atoms with E-state index < -0.39 is 11.8 Å². The lowest BCUT2D eigenvalue weighted by Crippen LogP contribution is -2.27. The van der Waals surface area contributed by atoms with Gasteiger partial charge in [0, 0.05) is 5.56 Å². The summed E-state index contributed by atoms with van der Waals surface area (Å²) < 4.78 is 19.3. The first-order valence-electron chi connectivity index (χ1n) is 5.56. The topological polar surface area (TPSA) is 68.0 Å². The van der Waals surface area contributed by atoms with Gasteiger partial charge in [0.2, 0.25) is 0 Å². The van der Waals surface area contributed by atoms with Crippen LogP contribution >= 0.6 is 0 Å². The first-order chi connectivity index (χ1) is 9.11. The molecule has 0 radical (unpaired) electrons. The molecule has 0 unspecified atom stereocenters. The van der Waals surface area contributed by atoms with E-state index in [2.05, 4.69) is 9.84 Å². The highest BCUT2D eigenvalue weighted by Crippen LogP contribution is 2.18. The number of rotatable bonds is 3. The fourth-order valence-electron chi connectivity index (χ4n) is 1.58. The van der Waals surface area contributed by atoms with Crippen molar-refractivity contribution in [3.8, 4) is 11.3 Å². The number of nitrogens with one attached hydrogen (secondary N) is 1. The van der Waals surface area contributed by atoms with Gasteiger partial charge in [-0.3, -0.25) is 10.2 Å². The number of benzene rings is 1. The number of halogens is 1. The molecular weight excluding hydrogens is 249 g/mol. The fourth-order valence-corrected chi connectivity index (χ4v) is 1.58. The van der Waals surface area contributed by atoms with E-state index in [4.69, 9.17) is 5.41 Å². The van der Waals surface area contributed by atoms with Crippen molar-refractivity contribution in [2.75, 3.05) is 7.11 Å². The first-order valence-corrected chi connectivity index (χ1v) is 5.56. The zero-order valence-corrected chi connectivity index (χ0v) is 10.3. The summed E-state index contributed by atoms with van der Waals surface area (Å²) in [5.74, 6) is -0.922. The van der Waals surface area contributed by atoms with E-state index in [-0.39, 0.29) is 12.0 Å². The van der Waals surface area contributed by atoms with Gasteiger partial charge < -0.3 is 4.74 Å². The molecule has 1 N–H and O–H groups in total. The lowest BCUT2D eigenvalue weighted by molar-refractivity contribution is -0.141. The molecule has 98 valence electrons.